The zero-order valence-corrected chi connectivity index (χ0v) is 15.0. The standard InChI is InChI=1S/C19H17N3S2/c1-22(12-18-21-16-9-5-6-10-17(16)24-18)11-15-13-23-19(20-15)14-7-3-2-4-8-14/h2-10,13H,11-12H2,1H3/p+1. The summed E-state index contributed by atoms with van der Waals surface area (Å²) in [6.07, 6.45) is 0. The number of quaternary nitrogens is 1. The summed E-state index contributed by atoms with van der Waals surface area (Å²) in [6, 6.07) is 18.7. The van der Waals surface area contributed by atoms with Crippen molar-refractivity contribution in [2.75, 3.05) is 7.05 Å². The van der Waals surface area contributed by atoms with E-state index in [0.29, 0.717) is 0 Å². The number of para-hydroxylation sites is 1. The van der Waals surface area contributed by atoms with E-state index in [1.54, 1.807) is 22.7 Å². The first-order chi connectivity index (χ1) is 11.8. The second-order valence-electron chi connectivity index (χ2n) is 5.90. The van der Waals surface area contributed by atoms with E-state index in [-0.39, 0.29) is 0 Å². The van der Waals surface area contributed by atoms with Crippen LogP contribution in [-0.2, 0) is 13.1 Å². The highest BCUT2D eigenvalue weighted by Crippen LogP contribution is 2.23. The monoisotopic (exact) mass is 352 g/mol. The number of nitrogens with zero attached hydrogens (tertiary/aromatic N) is 2. The smallest absolute Gasteiger partial charge is 0.148 e. The summed E-state index contributed by atoms with van der Waals surface area (Å²) in [5.74, 6) is 0. The molecule has 4 aromatic rings. The molecule has 0 saturated heterocycles. The summed E-state index contributed by atoms with van der Waals surface area (Å²) in [5, 5.41) is 4.45. The largest absolute Gasteiger partial charge is 0.327 e. The Morgan fingerprint density at radius 1 is 0.917 bits per heavy atom. The lowest BCUT2D eigenvalue weighted by Gasteiger charge is -2.10. The molecule has 3 nitrogen and oxygen atoms in total. The van der Waals surface area contributed by atoms with Crippen LogP contribution >= 0.6 is 22.7 Å². The Kier molecular flexibility index (Phi) is 4.38. The van der Waals surface area contributed by atoms with Crippen molar-refractivity contribution in [3.8, 4) is 10.6 Å². The normalized spacial score (nSPS) is 12.5. The van der Waals surface area contributed by atoms with Crippen molar-refractivity contribution in [2.24, 2.45) is 0 Å². The van der Waals surface area contributed by atoms with Crippen molar-refractivity contribution in [1.29, 1.82) is 0 Å². The molecular formula is C19H18N3S2+. The fraction of sp³-hybridized carbons (Fsp3) is 0.158. The maximum Gasteiger partial charge on any atom is 0.148 e. The fourth-order valence-electron chi connectivity index (χ4n) is 2.73. The predicted octanol–water partition coefficient (Wildman–Crippen LogP) is 3.63. The first-order valence-corrected chi connectivity index (χ1v) is 9.63. The Hall–Kier alpha value is -2.08. The number of hydrogen-bond acceptors (Lipinski definition) is 4. The average Bonchev–Trinajstić information content (AvgIpc) is 3.21. The SMILES string of the molecule is C[NH+](Cc1csc(-c2ccccc2)n1)Cc1nc2ccccc2s1. The van der Waals surface area contributed by atoms with E-state index in [1.807, 2.05) is 12.1 Å². The van der Waals surface area contributed by atoms with Crippen LogP contribution in [-0.4, -0.2) is 17.0 Å². The minimum absolute atomic E-state index is 0.916. The second kappa shape index (κ2) is 6.81. The van der Waals surface area contributed by atoms with Gasteiger partial charge in [-0.2, -0.15) is 0 Å². The second-order valence-corrected chi connectivity index (χ2v) is 7.87. The van der Waals surface area contributed by atoms with Crippen molar-refractivity contribution in [1.82, 2.24) is 9.97 Å². The van der Waals surface area contributed by atoms with Gasteiger partial charge in [0, 0.05) is 10.9 Å². The zero-order chi connectivity index (χ0) is 16.4. The van der Waals surface area contributed by atoms with Crippen molar-refractivity contribution in [2.45, 2.75) is 13.1 Å². The summed E-state index contributed by atoms with van der Waals surface area (Å²) in [6.45, 7) is 1.84. The number of hydrogen-bond donors (Lipinski definition) is 1. The number of benzene rings is 2. The van der Waals surface area contributed by atoms with Crippen LogP contribution in [0.2, 0.25) is 0 Å². The first-order valence-electron chi connectivity index (χ1n) is 7.93. The van der Waals surface area contributed by atoms with Crippen LogP contribution in [0.1, 0.15) is 10.7 Å². The van der Waals surface area contributed by atoms with Gasteiger partial charge in [0.25, 0.3) is 0 Å². The molecule has 0 aliphatic rings. The zero-order valence-electron chi connectivity index (χ0n) is 13.4. The number of rotatable bonds is 5. The predicted molar refractivity (Wildman–Crippen MR) is 101 cm³/mol. The van der Waals surface area contributed by atoms with Crippen LogP contribution < -0.4 is 4.90 Å². The third-order valence-corrected chi connectivity index (χ3v) is 5.82. The molecule has 0 radical (unpaired) electrons. The maximum atomic E-state index is 4.79. The van der Waals surface area contributed by atoms with E-state index in [2.05, 4.69) is 54.9 Å². The molecule has 1 atom stereocenters. The van der Waals surface area contributed by atoms with Crippen LogP contribution in [0.3, 0.4) is 0 Å². The van der Waals surface area contributed by atoms with Gasteiger partial charge in [0.05, 0.1) is 17.3 Å². The van der Waals surface area contributed by atoms with E-state index >= 15 is 0 Å². The van der Waals surface area contributed by atoms with Gasteiger partial charge in [-0.15, -0.1) is 22.7 Å². The molecule has 0 saturated carbocycles. The molecule has 1 N–H and O–H groups in total. The molecule has 2 aromatic heterocycles. The minimum Gasteiger partial charge on any atom is -0.327 e. The number of thiazole rings is 2. The Labute approximate surface area is 149 Å². The summed E-state index contributed by atoms with van der Waals surface area (Å²) < 4.78 is 1.26. The molecule has 5 heteroatoms. The quantitative estimate of drug-likeness (QED) is 0.594. The Morgan fingerprint density at radius 3 is 2.54 bits per heavy atom. The van der Waals surface area contributed by atoms with Crippen molar-refractivity contribution in [3.63, 3.8) is 0 Å². The molecule has 4 rings (SSSR count). The molecule has 0 bridgehead atoms. The van der Waals surface area contributed by atoms with Crippen LogP contribution in [0.5, 0.6) is 0 Å². The Morgan fingerprint density at radius 2 is 1.71 bits per heavy atom. The molecule has 24 heavy (non-hydrogen) atoms. The van der Waals surface area contributed by atoms with Crippen molar-refractivity contribution in [3.05, 3.63) is 70.7 Å². The summed E-state index contributed by atoms with van der Waals surface area (Å²) in [5.41, 5.74) is 3.44. The van der Waals surface area contributed by atoms with Gasteiger partial charge in [-0.25, -0.2) is 9.97 Å². The van der Waals surface area contributed by atoms with Gasteiger partial charge in [0.15, 0.2) is 0 Å². The highest BCUT2D eigenvalue weighted by molar-refractivity contribution is 7.18. The van der Waals surface area contributed by atoms with Crippen LogP contribution in [0, 0.1) is 0 Å². The van der Waals surface area contributed by atoms with Crippen LogP contribution in [0.15, 0.2) is 60.0 Å². The molecule has 2 aromatic carbocycles. The number of aromatic nitrogens is 2. The average molecular weight is 353 g/mol. The Balaban J connectivity index is 1.44. The molecule has 0 amide bonds. The minimum atomic E-state index is 0.916. The van der Waals surface area contributed by atoms with E-state index in [9.17, 15) is 0 Å². The molecule has 120 valence electrons. The van der Waals surface area contributed by atoms with E-state index in [1.165, 1.54) is 20.2 Å². The number of nitrogens with one attached hydrogen (secondary N) is 1. The molecule has 0 fully saturated rings. The highest BCUT2D eigenvalue weighted by atomic mass is 32.1. The lowest BCUT2D eigenvalue weighted by atomic mass is 10.2. The van der Waals surface area contributed by atoms with Gasteiger partial charge in [0.2, 0.25) is 0 Å². The van der Waals surface area contributed by atoms with Gasteiger partial charge < -0.3 is 4.90 Å². The topological polar surface area (TPSA) is 30.2 Å². The molecule has 0 aliphatic heterocycles. The van der Waals surface area contributed by atoms with Gasteiger partial charge in [-0.1, -0.05) is 42.5 Å². The van der Waals surface area contributed by atoms with Gasteiger partial charge >= 0.3 is 0 Å². The third kappa shape index (κ3) is 3.38. The van der Waals surface area contributed by atoms with Gasteiger partial charge in [0.1, 0.15) is 28.8 Å². The van der Waals surface area contributed by atoms with Gasteiger partial charge in [-0.05, 0) is 12.1 Å². The lowest BCUT2D eigenvalue weighted by molar-refractivity contribution is -0.907. The summed E-state index contributed by atoms with van der Waals surface area (Å²) in [4.78, 5) is 10.9. The van der Waals surface area contributed by atoms with Crippen LogP contribution in [0.4, 0.5) is 0 Å². The van der Waals surface area contributed by atoms with E-state index < -0.39 is 0 Å². The summed E-state index contributed by atoms with van der Waals surface area (Å²) >= 11 is 3.51. The molecule has 0 aliphatic carbocycles. The molecule has 1 unspecified atom stereocenters. The number of fused-ring (bicyclic) bond motifs is 1. The molecule has 2 heterocycles. The van der Waals surface area contributed by atoms with Gasteiger partial charge in [-0.3, -0.25) is 0 Å². The molecular weight excluding hydrogens is 334 g/mol. The maximum absolute atomic E-state index is 4.79. The summed E-state index contributed by atoms with van der Waals surface area (Å²) in [7, 11) is 2.20. The van der Waals surface area contributed by atoms with E-state index in [4.69, 9.17) is 9.97 Å². The molecule has 0 spiro atoms. The fourth-order valence-corrected chi connectivity index (χ4v) is 4.63. The van der Waals surface area contributed by atoms with Crippen LogP contribution in [0.25, 0.3) is 20.8 Å². The van der Waals surface area contributed by atoms with E-state index in [0.717, 1.165) is 29.3 Å². The Bertz CT molecular complexity index is 910. The van der Waals surface area contributed by atoms with Crippen molar-refractivity contribution < 1.29 is 4.90 Å². The third-order valence-electron chi connectivity index (χ3n) is 3.85. The van der Waals surface area contributed by atoms with Crippen molar-refractivity contribution >= 4 is 32.9 Å². The first kappa shape index (κ1) is 15.4. The highest BCUT2D eigenvalue weighted by Gasteiger charge is 2.12. The lowest BCUT2D eigenvalue weighted by Crippen LogP contribution is -3.06.